The summed E-state index contributed by atoms with van der Waals surface area (Å²) in [6.45, 7) is 15.7. The zero-order chi connectivity index (χ0) is 16.4. The van der Waals surface area contributed by atoms with Gasteiger partial charge in [0.25, 0.3) is 0 Å². The van der Waals surface area contributed by atoms with Crippen molar-refractivity contribution in [2.45, 2.75) is 70.0 Å². The second-order valence-corrected chi connectivity index (χ2v) is 15.3. The van der Waals surface area contributed by atoms with Gasteiger partial charge < -0.3 is 5.11 Å². The van der Waals surface area contributed by atoms with Gasteiger partial charge in [-0.2, -0.15) is 0 Å². The largest absolute Gasteiger partial charge is 0.478 e. The van der Waals surface area contributed by atoms with E-state index in [0.717, 1.165) is 10.5 Å². The molecule has 0 saturated carbocycles. The van der Waals surface area contributed by atoms with Crippen molar-refractivity contribution >= 4 is 24.4 Å². The molecule has 0 spiro atoms. The van der Waals surface area contributed by atoms with Crippen LogP contribution in [0, 0.1) is 6.92 Å². The molecule has 0 radical (unpaired) electrons. The molecule has 0 fully saturated rings. The molecule has 21 heavy (non-hydrogen) atoms. The lowest BCUT2D eigenvalue weighted by Gasteiger charge is -2.42. The maximum atomic E-state index is 11.6. The fourth-order valence-electron chi connectivity index (χ4n) is 3.44. The van der Waals surface area contributed by atoms with Gasteiger partial charge in [0.1, 0.15) is 7.22 Å². The number of hydrogen-bond donors (Lipinski definition) is 1. The van der Waals surface area contributed by atoms with Crippen LogP contribution in [0.15, 0.2) is 23.1 Å². The quantitative estimate of drug-likeness (QED) is 0.656. The molecule has 1 N–H and O–H groups in total. The molecule has 0 saturated heterocycles. The fourth-order valence-corrected chi connectivity index (χ4v) is 12.7. The van der Waals surface area contributed by atoms with E-state index in [0.29, 0.717) is 22.2 Å². The summed E-state index contributed by atoms with van der Waals surface area (Å²) in [6.07, 6.45) is 0. The lowest BCUT2D eigenvalue weighted by atomic mass is 10.1. The molecule has 1 rings (SSSR count). The van der Waals surface area contributed by atoms with E-state index in [9.17, 15) is 9.90 Å². The molecule has 1 aromatic rings. The van der Waals surface area contributed by atoms with Crippen molar-refractivity contribution in [3.63, 3.8) is 0 Å². The Kier molecular flexibility index (Phi) is 6.11. The molecule has 0 unspecified atom stereocenters. The monoisotopic (exact) mass is 324 g/mol. The summed E-state index contributed by atoms with van der Waals surface area (Å²) in [7, 11) is -1.71. The lowest BCUT2D eigenvalue weighted by molar-refractivity contribution is 0.0693. The molecule has 0 aliphatic rings. The number of rotatable bonds is 6. The first-order chi connectivity index (χ1) is 9.62. The molecule has 1 aromatic carbocycles. The van der Waals surface area contributed by atoms with Gasteiger partial charge in [-0.25, -0.2) is 4.79 Å². The maximum Gasteiger partial charge on any atom is 0.336 e. The molecular formula is C17H28O2SSi. The van der Waals surface area contributed by atoms with Crippen LogP contribution in [0.2, 0.25) is 16.6 Å². The van der Waals surface area contributed by atoms with E-state index in [1.165, 1.54) is 0 Å². The zero-order valence-electron chi connectivity index (χ0n) is 14.2. The van der Waals surface area contributed by atoms with Crippen LogP contribution in [0.25, 0.3) is 0 Å². The average Bonchev–Trinajstić information content (AvgIpc) is 2.35. The van der Waals surface area contributed by atoms with Crippen molar-refractivity contribution in [3.8, 4) is 0 Å². The fraction of sp³-hybridized carbons (Fsp3) is 0.588. The van der Waals surface area contributed by atoms with Crippen LogP contribution in [0.4, 0.5) is 0 Å². The van der Waals surface area contributed by atoms with Gasteiger partial charge >= 0.3 is 5.97 Å². The molecule has 0 amide bonds. The Hall–Kier alpha value is -0.743. The van der Waals surface area contributed by atoms with Crippen LogP contribution in [0.1, 0.15) is 57.5 Å². The summed E-state index contributed by atoms with van der Waals surface area (Å²) in [5, 5.41) is 9.50. The van der Waals surface area contributed by atoms with E-state index in [2.05, 4.69) is 41.5 Å². The van der Waals surface area contributed by atoms with E-state index in [1.54, 1.807) is 6.07 Å². The van der Waals surface area contributed by atoms with Crippen molar-refractivity contribution in [1.29, 1.82) is 0 Å². The summed E-state index contributed by atoms with van der Waals surface area (Å²) in [5.74, 6) is -0.819. The molecular weight excluding hydrogens is 296 g/mol. The second kappa shape index (κ2) is 7.01. The first-order valence-electron chi connectivity index (χ1n) is 7.65. The van der Waals surface area contributed by atoms with E-state index in [-0.39, 0.29) is 0 Å². The molecule has 0 aliphatic carbocycles. The summed E-state index contributed by atoms with van der Waals surface area (Å²) >= 11 is 1.88. The van der Waals surface area contributed by atoms with Gasteiger partial charge in [0.2, 0.25) is 0 Å². The Bertz CT molecular complexity index is 488. The van der Waals surface area contributed by atoms with Crippen molar-refractivity contribution in [3.05, 3.63) is 29.3 Å². The van der Waals surface area contributed by atoms with E-state index in [4.69, 9.17) is 0 Å². The maximum absolute atomic E-state index is 11.6. The Morgan fingerprint density at radius 3 is 1.90 bits per heavy atom. The van der Waals surface area contributed by atoms with Gasteiger partial charge in [-0.05, 0) is 35.7 Å². The number of carboxylic acids is 1. The number of aromatic carboxylic acids is 1. The predicted octanol–water partition coefficient (Wildman–Crippen LogP) is 5.96. The van der Waals surface area contributed by atoms with Crippen LogP contribution in [-0.4, -0.2) is 18.3 Å². The van der Waals surface area contributed by atoms with Gasteiger partial charge in [0, 0.05) is 4.90 Å². The smallest absolute Gasteiger partial charge is 0.336 e. The van der Waals surface area contributed by atoms with Crippen LogP contribution in [-0.2, 0) is 0 Å². The van der Waals surface area contributed by atoms with Crippen molar-refractivity contribution < 1.29 is 9.90 Å². The minimum Gasteiger partial charge on any atom is -0.478 e. The highest BCUT2D eigenvalue weighted by atomic mass is 32.4. The second-order valence-electron chi connectivity index (χ2n) is 6.72. The summed E-state index contributed by atoms with van der Waals surface area (Å²) in [5.41, 5.74) is 3.27. The van der Waals surface area contributed by atoms with Gasteiger partial charge in [-0.15, -0.1) is 11.2 Å². The first kappa shape index (κ1) is 18.3. The summed E-state index contributed by atoms with van der Waals surface area (Å²) in [6, 6.07) is 5.82. The van der Waals surface area contributed by atoms with Crippen molar-refractivity contribution in [1.82, 2.24) is 0 Å². The van der Waals surface area contributed by atoms with Gasteiger partial charge in [-0.3, -0.25) is 0 Å². The van der Waals surface area contributed by atoms with Crippen molar-refractivity contribution in [2.24, 2.45) is 0 Å². The Balaban J connectivity index is 3.37. The highest BCUT2D eigenvalue weighted by Crippen LogP contribution is 2.52. The van der Waals surface area contributed by atoms with Gasteiger partial charge in [-0.1, -0.05) is 53.2 Å². The number of aryl methyl sites for hydroxylation is 1. The predicted molar refractivity (Wildman–Crippen MR) is 95.0 cm³/mol. The molecule has 118 valence electrons. The Morgan fingerprint density at radius 1 is 1.05 bits per heavy atom. The first-order valence-corrected chi connectivity index (χ1v) is 11.4. The molecule has 0 heterocycles. The van der Waals surface area contributed by atoms with Crippen LogP contribution < -0.4 is 0 Å². The van der Waals surface area contributed by atoms with Gasteiger partial charge in [0.15, 0.2) is 0 Å². The van der Waals surface area contributed by atoms with Gasteiger partial charge in [0.05, 0.1) is 5.56 Å². The third kappa shape index (κ3) is 3.72. The molecule has 4 heteroatoms. The number of hydrogen-bond acceptors (Lipinski definition) is 2. The van der Waals surface area contributed by atoms with Crippen LogP contribution in [0.3, 0.4) is 0 Å². The third-order valence-corrected chi connectivity index (χ3v) is 16.7. The lowest BCUT2D eigenvalue weighted by Crippen LogP contribution is -2.41. The SMILES string of the molecule is Cc1ccc(S[Si](C(C)C)(C(C)C)C(C)C)c(C(=O)O)c1. The standard InChI is InChI=1S/C17H28O2SSi/c1-11(2)21(12(3)4,13(5)6)20-16-9-8-14(7)10-15(16)17(18)19/h8-13H,1-7H3,(H,18,19). The minimum atomic E-state index is -1.71. The Labute approximate surface area is 134 Å². The van der Waals surface area contributed by atoms with E-state index < -0.39 is 13.2 Å². The van der Waals surface area contributed by atoms with E-state index >= 15 is 0 Å². The molecule has 0 bridgehead atoms. The van der Waals surface area contributed by atoms with E-state index in [1.807, 2.05) is 30.3 Å². The zero-order valence-corrected chi connectivity index (χ0v) is 16.0. The molecule has 0 aromatic heterocycles. The normalized spacial score (nSPS) is 12.5. The molecule has 0 atom stereocenters. The number of carbonyl (C=O) groups is 1. The van der Waals surface area contributed by atoms with Crippen LogP contribution in [0.5, 0.6) is 0 Å². The minimum absolute atomic E-state index is 0.457. The highest BCUT2D eigenvalue weighted by Gasteiger charge is 2.44. The van der Waals surface area contributed by atoms with Crippen molar-refractivity contribution in [2.75, 3.05) is 0 Å². The highest BCUT2D eigenvalue weighted by molar-refractivity contribution is 8.29. The number of carboxylic acid groups (broad SMARTS) is 1. The molecule has 2 nitrogen and oxygen atoms in total. The molecule has 0 aliphatic heterocycles. The summed E-state index contributed by atoms with van der Waals surface area (Å²) in [4.78, 5) is 12.5. The average molecular weight is 325 g/mol. The topological polar surface area (TPSA) is 37.3 Å². The number of benzene rings is 1. The summed E-state index contributed by atoms with van der Waals surface area (Å²) < 4.78 is 0. The Morgan fingerprint density at radius 2 is 1.52 bits per heavy atom. The van der Waals surface area contributed by atoms with Crippen LogP contribution >= 0.6 is 11.2 Å². The third-order valence-electron chi connectivity index (χ3n) is 4.36.